The van der Waals surface area contributed by atoms with Crippen molar-refractivity contribution in [2.75, 3.05) is 0 Å². The smallest absolute Gasteiger partial charge is 0.368 e. The van der Waals surface area contributed by atoms with Crippen LogP contribution in [0, 0.1) is 6.92 Å². The molecule has 0 bridgehead atoms. The van der Waals surface area contributed by atoms with Crippen molar-refractivity contribution in [1.82, 2.24) is 0 Å². The Morgan fingerprint density at radius 3 is 2.43 bits per heavy atom. The summed E-state index contributed by atoms with van der Waals surface area (Å²) in [5.41, 5.74) is 4.86. The van der Waals surface area contributed by atoms with Gasteiger partial charge in [0.15, 0.2) is 0 Å². The first kappa shape index (κ1) is 17.7. The number of para-hydroxylation sites is 1. The fourth-order valence-corrected chi connectivity index (χ4v) is 2.95. The minimum absolute atomic E-state index is 0.414. The molecule has 4 rings (SSSR count). The van der Waals surface area contributed by atoms with Crippen molar-refractivity contribution in [3.05, 3.63) is 107 Å². The van der Waals surface area contributed by atoms with E-state index in [-0.39, 0.29) is 0 Å². The van der Waals surface area contributed by atoms with E-state index in [9.17, 15) is 4.79 Å². The van der Waals surface area contributed by atoms with Gasteiger partial charge < -0.3 is 9.57 Å². The molecule has 0 fully saturated rings. The Bertz CT molecular complexity index is 1050. The van der Waals surface area contributed by atoms with Crippen LogP contribution in [0.3, 0.4) is 0 Å². The molecule has 1 heterocycles. The summed E-state index contributed by atoms with van der Waals surface area (Å²) in [5.74, 6) is 0.231. The highest BCUT2D eigenvalue weighted by molar-refractivity contribution is 6.31. The van der Waals surface area contributed by atoms with Crippen molar-refractivity contribution in [3.8, 4) is 5.75 Å². The summed E-state index contributed by atoms with van der Waals surface area (Å²) < 4.78 is 6.01. The van der Waals surface area contributed by atoms with Gasteiger partial charge in [0.2, 0.25) is 0 Å². The van der Waals surface area contributed by atoms with E-state index in [0.29, 0.717) is 23.6 Å². The number of hydrogen-bond acceptors (Lipinski definition) is 4. The number of nitrogens with zero attached hydrogens (tertiary/aromatic N) is 1. The van der Waals surface area contributed by atoms with Gasteiger partial charge in [-0.15, -0.1) is 0 Å². The Balaban J connectivity index is 1.61. The number of oxime groups is 1. The maximum Gasteiger partial charge on any atom is 0.368 e. The molecule has 4 nitrogen and oxygen atoms in total. The van der Waals surface area contributed by atoms with Gasteiger partial charge in [0.1, 0.15) is 18.1 Å². The van der Waals surface area contributed by atoms with Crippen LogP contribution in [0.25, 0.3) is 6.08 Å². The minimum Gasteiger partial charge on any atom is -0.488 e. The standard InChI is InChI=1S/C24H19NO3/c1-17-11-13-18(14-12-17)16-27-22-10-6-5-9-20(22)15-21-23(25-28-24(21)26)19-7-3-2-4-8-19/h2-15H,16H2,1H3/b21-15-. The van der Waals surface area contributed by atoms with Crippen LogP contribution in [-0.2, 0) is 16.2 Å². The number of rotatable bonds is 5. The minimum atomic E-state index is -0.466. The Labute approximate surface area is 163 Å². The zero-order valence-corrected chi connectivity index (χ0v) is 15.5. The Hall–Kier alpha value is -3.66. The van der Waals surface area contributed by atoms with Crippen LogP contribution in [0.2, 0.25) is 0 Å². The molecular formula is C24H19NO3. The monoisotopic (exact) mass is 369 g/mol. The normalized spacial score (nSPS) is 14.7. The second-order valence-corrected chi connectivity index (χ2v) is 6.55. The first-order valence-electron chi connectivity index (χ1n) is 9.05. The van der Waals surface area contributed by atoms with Gasteiger partial charge in [-0.05, 0) is 24.6 Å². The van der Waals surface area contributed by atoms with E-state index in [2.05, 4.69) is 24.2 Å². The first-order valence-corrected chi connectivity index (χ1v) is 9.05. The highest BCUT2D eigenvalue weighted by Crippen LogP contribution is 2.26. The molecule has 0 spiro atoms. The molecule has 3 aromatic rings. The molecule has 0 saturated carbocycles. The quantitative estimate of drug-likeness (QED) is 0.474. The molecule has 0 saturated heterocycles. The Morgan fingerprint density at radius 1 is 0.929 bits per heavy atom. The molecule has 0 amide bonds. The third-order valence-electron chi connectivity index (χ3n) is 4.48. The van der Waals surface area contributed by atoms with Gasteiger partial charge >= 0.3 is 5.97 Å². The summed E-state index contributed by atoms with van der Waals surface area (Å²) in [5, 5.41) is 3.95. The van der Waals surface area contributed by atoms with Crippen molar-refractivity contribution >= 4 is 17.8 Å². The van der Waals surface area contributed by atoms with E-state index in [4.69, 9.17) is 9.57 Å². The Morgan fingerprint density at radius 2 is 1.64 bits per heavy atom. The third kappa shape index (κ3) is 3.86. The van der Waals surface area contributed by atoms with Gasteiger partial charge in [-0.25, -0.2) is 4.79 Å². The number of aryl methyl sites for hydroxylation is 1. The van der Waals surface area contributed by atoms with Gasteiger partial charge in [-0.3, -0.25) is 0 Å². The summed E-state index contributed by atoms with van der Waals surface area (Å²) in [6.07, 6.45) is 1.77. The second-order valence-electron chi connectivity index (χ2n) is 6.55. The van der Waals surface area contributed by atoms with Gasteiger partial charge in [0, 0.05) is 11.1 Å². The second kappa shape index (κ2) is 7.92. The van der Waals surface area contributed by atoms with Crippen LogP contribution in [0.5, 0.6) is 5.75 Å². The molecule has 0 unspecified atom stereocenters. The number of carbonyl (C=O) groups is 1. The van der Waals surface area contributed by atoms with Crippen LogP contribution in [0.15, 0.2) is 89.6 Å². The maximum absolute atomic E-state index is 12.2. The third-order valence-corrected chi connectivity index (χ3v) is 4.48. The summed E-state index contributed by atoms with van der Waals surface area (Å²) in [4.78, 5) is 17.2. The van der Waals surface area contributed by atoms with E-state index < -0.39 is 5.97 Å². The van der Waals surface area contributed by atoms with Crippen LogP contribution in [0.4, 0.5) is 0 Å². The van der Waals surface area contributed by atoms with E-state index >= 15 is 0 Å². The number of benzene rings is 3. The molecule has 138 valence electrons. The summed E-state index contributed by atoms with van der Waals surface area (Å²) in [7, 11) is 0. The molecule has 0 radical (unpaired) electrons. The fraction of sp³-hybridized carbons (Fsp3) is 0.0833. The molecular weight excluding hydrogens is 350 g/mol. The lowest BCUT2D eigenvalue weighted by atomic mass is 10.0. The number of carbonyl (C=O) groups excluding carboxylic acids is 1. The zero-order valence-electron chi connectivity index (χ0n) is 15.5. The molecule has 0 N–H and O–H groups in total. The van der Waals surface area contributed by atoms with E-state index in [1.807, 2.05) is 66.7 Å². The Kier molecular flexibility index (Phi) is 5.02. The lowest BCUT2D eigenvalue weighted by Crippen LogP contribution is -2.07. The lowest BCUT2D eigenvalue weighted by Gasteiger charge is -2.10. The summed E-state index contributed by atoms with van der Waals surface area (Å²) >= 11 is 0. The van der Waals surface area contributed by atoms with Gasteiger partial charge in [0.25, 0.3) is 0 Å². The SMILES string of the molecule is Cc1ccc(COc2ccccc2/C=C2\C(=O)ON=C2c2ccccc2)cc1. The predicted octanol–water partition coefficient (Wildman–Crippen LogP) is 4.92. The average molecular weight is 369 g/mol. The highest BCUT2D eigenvalue weighted by atomic mass is 16.7. The van der Waals surface area contributed by atoms with Crippen LogP contribution < -0.4 is 4.74 Å². The lowest BCUT2D eigenvalue weighted by molar-refractivity contribution is -0.136. The molecule has 3 aromatic carbocycles. The number of hydrogen-bond donors (Lipinski definition) is 0. The van der Waals surface area contributed by atoms with Crippen LogP contribution in [0.1, 0.15) is 22.3 Å². The molecule has 0 aliphatic carbocycles. The molecule has 0 atom stereocenters. The van der Waals surface area contributed by atoms with Crippen LogP contribution in [-0.4, -0.2) is 11.7 Å². The van der Waals surface area contributed by atoms with E-state index in [1.165, 1.54) is 5.56 Å². The number of ether oxygens (including phenoxy) is 1. The van der Waals surface area contributed by atoms with Gasteiger partial charge in [-0.2, -0.15) is 0 Å². The topological polar surface area (TPSA) is 47.9 Å². The summed E-state index contributed by atoms with van der Waals surface area (Å²) in [6.45, 7) is 2.50. The van der Waals surface area contributed by atoms with Gasteiger partial charge in [-0.1, -0.05) is 83.5 Å². The average Bonchev–Trinajstić information content (AvgIpc) is 3.09. The first-order chi connectivity index (χ1) is 13.7. The highest BCUT2D eigenvalue weighted by Gasteiger charge is 2.27. The predicted molar refractivity (Wildman–Crippen MR) is 109 cm³/mol. The molecule has 4 heteroatoms. The van der Waals surface area contributed by atoms with Crippen molar-refractivity contribution in [3.63, 3.8) is 0 Å². The van der Waals surface area contributed by atoms with E-state index in [1.54, 1.807) is 6.08 Å². The fourth-order valence-electron chi connectivity index (χ4n) is 2.95. The zero-order chi connectivity index (χ0) is 19.3. The van der Waals surface area contributed by atoms with Crippen molar-refractivity contribution in [2.45, 2.75) is 13.5 Å². The van der Waals surface area contributed by atoms with Crippen molar-refractivity contribution in [1.29, 1.82) is 0 Å². The molecule has 1 aliphatic heterocycles. The van der Waals surface area contributed by atoms with Gasteiger partial charge in [0.05, 0.1) is 5.57 Å². The maximum atomic E-state index is 12.2. The summed E-state index contributed by atoms with van der Waals surface area (Å²) in [6, 6.07) is 25.3. The molecule has 28 heavy (non-hydrogen) atoms. The van der Waals surface area contributed by atoms with Crippen molar-refractivity contribution in [2.24, 2.45) is 5.16 Å². The van der Waals surface area contributed by atoms with E-state index in [0.717, 1.165) is 16.7 Å². The molecule has 0 aromatic heterocycles. The molecule has 1 aliphatic rings. The van der Waals surface area contributed by atoms with Crippen LogP contribution >= 0.6 is 0 Å². The van der Waals surface area contributed by atoms with Crippen molar-refractivity contribution < 1.29 is 14.4 Å². The largest absolute Gasteiger partial charge is 0.488 e.